The Morgan fingerprint density at radius 3 is 2.34 bits per heavy atom. The van der Waals surface area contributed by atoms with Crippen molar-refractivity contribution in [1.82, 2.24) is 10.3 Å². The number of rotatable bonds is 6. The number of guanidine groups is 1. The molecule has 0 aliphatic carbocycles. The molecule has 0 saturated heterocycles. The second-order valence-electron chi connectivity index (χ2n) is 6.07. The molecule has 0 bridgehead atoms. The van der Waals surface area contributed by atoms with Crippen molar-refractivity contribution in [3.63, 3.8) is 0 Å². The number of amides is 1. The second kappa shape index (κ2) is 9.89. The molecule has 0 unspecified atom stereocenters. The van der Waals surface area contributed by atoms with Crippen LogP contribution < -0.4 is 20.1 Å². The summed E-state index contributed by atoms with van der Waals surface area (Å²) in [5.74, 6) is 1.27. The molecule has 1 heterocycles. The summed E-state index contributed by atoms with van der Waals surface area (Å²) in [5.41, 5.74) is 2.12. The van der Waals surface area contributed by atoms with Gasteiger partial charge in [-0.1, -0.05) is 24.3 Å². The Kier molecular flexibility index (Phi) is 6.78. The molecule has 0 fully saturated rings. The third-order valence-electron chi connectivity index (χ3n) is 4.02. The minimum Gasteiger partial charge on any atom is -0.497 e. The molecule has 7 heteroatoms. The fraction of sp³-hybridized carbons (Fsp3) is 0.136. The van der Waals surface area contributed by atoms with E-state index in [1.165, 1.54) is 0 Å². The molecule has 0 radical (unpaired) electrons. The van der Waals surface area contributed by atoms with Crippen LogP contribution in [0, 0.1) is 0 Å². The maximum absolute atomic E-state index is 12.6. The number of benzene rings is 2. The third kappa shape index (κ3) is 5.80. The number of nitrogens with zero attached hydrogens (tertiary/aromatic N) is 2. The zero-order valence-corrected chi connectivity index (χ0v) is 16.3. The van der Waals surface area contributed by atoms with Crippen LogP contribution in [0.2, 0.25) is 0 Å². The van der Waals surface area contributed by atoms with Crippen molar-refractivity contribution in [1.29, 1.82) is 0 Å². The van der Waals surface area contributed by atoms with Gasteiger partial charge in [0.15, 0.2) is 0 Å². The molecule has 0 saturated carbocycles. The summed E-state index contributed by atoms with van der Waals surface area (Å²) in [6.45, 7) is 0.354. The lowest BCUT2D eigenvalue weighted by Gasteiger charge is -2.14. The average molecular weight is 390 g/mol. The molecule has 2 N–H and O–H groups in total. The molecule has 0 atom stereocenters. The fourth-order valence-electron chi connectivity index (χ4n) is 2.56. The Balaban J connectivity index is 1.85. The number of pyridine rings is 1. The van der Waals surface area contributed by atoms with Gasteiger partial charge in [-0.05, 0) is 23.8 Å². The Labute approximate surface area is 169 Å². The number of nitrogens with one attached hydrogen (secondary N) is 2. The van der Waals surface area contributed by atoms with Crippen molar-refractivity contribution in [2.24, 2.45) is 4.99 Å². The molecule has 0 spiro atoms. The van der Waals surface area contributed by atoms with Crippen LogP contribution in [0.15, 0.2) is 78.0 Å². The summed E-state index contributed by atoms with van der Waals surface area (Å²) < 4.78 is 10.6. The van der Waals surface area contributed by atoms with Gasteiger partial charge in [0, 0.05) is 41.8 Å². The molecule has 3 aromatic rings. The van der Waals surface area contributed by atoms with E-state index in [-0.39, 0.29) is 5.91 Å². The summed E-state index contributed by atoms with van der Waals surface area (Å²) in [6.07, 6.45) is 3.43. The van der Waals surface area contributed by atoms with Crippen LogP contribution in [0.1, 0.15) is 15.9 Å². The van der Waals surface area contributed by atoms with Crippen molar-refractivity contribution in [2.45, 2.75) is 6.54 Å². The first-order valence-corrected chi connectivity index (χ1v) is 8.98. The molecular weight excluding hydrogens is 368 g/mol. The Bertz CT molecular complexity index is 954. The highest BCUT2D eigenvalue weighted by Crippen LogP contribution is 2.25. The maximum Gasteiger partial charge on any atom is 0.257 e. The van der Waals surface area contributed by atoms with Crippen LogP contribution in [0.25, 0.3) is 0 Å². The highest BCUT2D eigenvalue weighted by molar-refractivity contribution is 6.10. The van der Waals surface area contributed by atoms with E-state index in [1.807, 2.05) is 30.3 Å². The van der Waals surface area contributed by atoms with Gasteiger partial charge >= 0.3 is 0 Å². The largest absolute Gasteiger partial charge is 0.497 e. The normalized spacial score (nSPS) is 10.9. The number of aliphatic imine (C=N–C) groups is 1. The van der Waals surface area contributed by atoms with Gasteiger partial charge in [0.2, 0.25) is 5.96 Å². The van der Waals surface area contributed by atoms with Crippen LogP contribution in [-0.2, 0) is 6.54 Å². The third-order valence-corrected chi connectivity index (χ3v) is 4.02. The summed E-state index contributed by atoms with van der Waals surface area (Å²) >= 11 is 0. The number of ether oxygens (including phenoxy) is 2. The molecule has 1 aromatic heterocycles. The van der Waals surface area contributed by atoms with E-state index in [0.29, 0.717) is 35.3 Å². The van der Waals surface area contributed by atoms with Crippen molar-refractivity contribution >= 4 is 17.6 Å². The zero-order valence-electron chi connectivity index (χ0n) is 16.3. The first-order chi connectivity index (χ1) is 14.2. The van der Waals surface area contributed by atoms with Gasteiger partial charge < -0.3 is 14.8 Å². The van der Waals surface area contributed by atoms with E-state index >= 15 is 0 Å². The standard InChI is InChI=1S/C22H22N4O3/c1-28-19-11-18(12-20(13-19)29-2)25-22(24-15-16-7-6-10-23-14-16)26-21(27)17-8-4-3-5-9-17/h3-14H,15H2,1-2H3,(H2,24,25,26,27). The van der Waals surface area contributed by atoms with Gasteiger partial charge in [0.05, 0.1) is 20.8 Å². The molecular formula is C22H22N4O3. The van der Waals surface area contributed by atoms with Crippen LogP contribution >= 0.6 is 0 Å². The highest BCUT2D eigenvalue weighted by Gasteiger charge is 2.10. The minimum absolute atomic E-state index is 0.266. The van der Waals surface area contributed by atoms with Gasteiger partial charge in [0.1, 0.15) is 11.5 Å². The van der Waals surface area contributed by atoms with Gasteiger partial charge in [0.25, 0.3) is 5.91 Å². The molecule has 3 rings (SSSR count). The molecule has 1 amide bonds. The summed E-state index contributed by atoms with van der Waals surface area (Å²) in [7, 11) is 3.15. The smallest absolute Gasteiger partial charge is 0.257 e. The molecule has 0 aliphatic rings. The van der Waals surface area contributed by atoms with Crippen molar-refractivity contribution in [3.8, 4) is 11.5 Å². The maximum atomic E-state index is 12.6. The van der Waals surface area contributed by atoms with Gasteiger partial charge in [-0.15, -0.1) is 0 Å². The Hall–Kier alpha value is -3.87. The summed E-state index contributed by atoms with van der Waals surface area (Å²) in [4.78, 5) is 21.2. The van der Waals surface area contributed by atoms with E-state index in [2.05, 4.69) is 20.6 Å². The SMILES string of the molecule is COc1cc(NC(=NCc2cccnc2)NC(=O)c2ccccc2)cc(OC)c1. The van der Waals surface area contributed by atoms with Gasteiger partial charge in [-0.2, -0.15) is 0 Å². The number of hydrogen-bond acceptors (Lipinski definition) is 5. The number of methoxy groups -OCH3 is 2. The molecule has 148 valence electrons. The number of carbonyl (C=O) groups is 1. The topological polar surface area (TPSA) is 84.8 Å². The van der Waals surface area contributed by atoms with E-state index in [1.54, 1.807) is 56.9 Å². The molecule has 0 aliphatic heterocycles. The lowest BCUT2D eigenvalue weighted by atomic mass is 10.2. The Morgan fingerprint density at radius 1 is 1.00 bits per heavy atom. The van der Waals surface area contributed by atoms with Crippen LogP contribution in [0.3, 0.4) is 0 Å². The molecule has 29 heavy (non-hydrogen) atoms. The number of anilines is 1. The van der Waals surface area contributed by atoms with Gasteiger partial charge in [-0.3, -0.25) is 15.1 Å². The van der Waals surface area contributed by atoms with Gasteiger partial charge in [-0.25, -0.2) is 4.99 Å². The van der Waals surface area contributed by atoms with E-state index in [0.717, 1.165) is 5.56 Å². The predicted molar refractivity (Wildman–Crippen MR) is 112 cm³/mol. The average Bonchev–Trinajstić information content (AvgIpc) is 2.78. The summed E-state index contributed by atoms with van der Waals surface area (Å²) in [5, 5.41) is 5.96. The van der Waals surface area contributed by atoms with E-state index in [9.17, 15) is 4.79 Å². The molecule has 7 nitrogen and oxygen atoms in total. The van der Waals surface area contributed by atoms with Crippen molar-refractivity contribution in [2.75, 3.05) is 19.5 Å². The first-order valence-electron chi connectivity index (χ1n) is 8.98. The van der Waals surface area contributed by atoms with E-state index < -0.39 is 0 Å². The predicted octanol–water partition coefficient (Wildman–Crippen LogP) is 3.50. The quantitative estimate of drug-likeness (QED) is 0.497. The number of aromatic nitrogens is 1. The zero-order chi connectivity index (χ0) is 20.5. The number of hydrogen-bond donors (Lipinski definition) is 2. The van der Waals surface area contributed by atoms with Crippen LogP contribution in [0.4, 0.5) is 5.69 Å². The second-order valence-corrected chi connectivity index (χ2v) is 6.07. The first kappa shape index (κ1) is 19.9. The fourth-order valence-corrected chi connectivity index (χ4v) is 2.56. The van der Waals surface area contributed by atoms with Crippen molar-refractivity contribution in [3.05, 3.63) is 84.2 Å². The van der Waals surface area contributed by atoms with Crippen molar-refractivity contribution < 1.29 is 14.3 Å². The molecule has 2 aromatic carbocycles. The Morgan fingerprint density at radius 2 is 1.72 bits per heavy atom. The summed E-state index contributed by atoms with van der Waals surface area (Å²) in [6, 6.07) is 18.0. The lowest BCUT2D eigenvalue weighted by molar-refractivity contribution is 0.0977. The van der Waals surface area contributed by atoms with Crippen LogP contribution in [0.5, 0.6) is 11.5 Å². The highest BCUT2D eigenvalue weighted by atomic mass is 16.5. The monoisotopic (exact) mass is 390 g/mol. The number of carbonyl (C=O) groups excluding carboxylic acids is 1. The van der Waals surface area contributed by atoms with E-state index in [4.69, 9.17) is 9.47 Å². The lowest BCUT2D eigenvalue weighted by Crippen LogP contribution is -2.36. The minimum atomic E-state index is -0.266. The van der Waals surface area contributed by atoms with Crippen LogP contribution in [-0.4, -0.2) is 31.1 Å².